The van der Waals surface area contributed by atoms with Gasteiger partial charge in [-0.15, -0.1) is 0 Å². The summed E-state index contributed by atoms with van der Waals surface area (Å²) >= 11 is 0. The second kappa shape index (κ2) is 14.7. The maximum absolute atomic E-state index is 12.7. The molecule has 0 saturated carbocycles. The maximum Gasteiger partial charge on any atom is 0.319 e. The number of rotatable bonds is 11. The van der Waals surface area contributed by atoms with Crippen LogP contribution in [0, 0.1) is 0 Å². The molecule has 1 unspecified atom stereocenters. The van der Waals surface area contributed by atoms with Gasteiger partial charge in [0.25, 0.3) is 0 Å². The Morgan fingerprint density at radius 2 is 1.82 bits per heavy atom. The first-order valence-corrected chi connectivity index (χ1v) is 16.3. The number of nitrogens with zero attached hydrogens (tertiary/aromatic N) is 4. The third kappa shape index (κ3) is 7.72. The van der Waals surface area contributed by atoms with E-state index in [9.17, 15) is 4.79 Å². The average Bonchev–Trinajstić information content (AvgIpc) is 3.07. The summed E-state index contributed by atoms with van der Waals surface area (Å²) in [5, 5.41) is 9.40. The Bertz CT molecular complexity index is 1530. The molecule has 2 amide bonds. The number of fused-ring (bicyclic) bond motifs is 3. The molecule has 2 aromatic carbocycles. The van der Waals surface area contributed by atoms with Crippen molar-refractivity contribution in [2.75, 3.05) is 70.1 Å². The summed E-state index contributed by atoms with van der Waals surface area (Å²) in [6.07, 6.45) is 10.1. The Balaban J connectivity index is 1.06. The third-order valence-corrected chi connectivity index (χ3v) is 8.92. The van der Waals surface area contributed by atoms with Crippen molar-refractivity contribution >= 4 is 17.7 Å². The maximum atomic E-state index is 12.7. The first kappa shape index (κ1) is 30.8. The van der Waals surface area contributed by atoms with Crippen LogP contribution in [0.4, 0.5) is 16.4 Å². The molecule has 9 nitrogen and oxygen atoms in total. The number of amides is 2. The molecule has 2 aliphatic carbocycles. The number of likely N-dealkylation sites (N-methyl/N-ethyl adjacent to an activating group) is 1. The molecule has 0 spiro atoms. The number of carbonyl (C=O) groups is 1. The van der Waals surface area contributed by atoms with Crippen LogP contribution in [0.1, 0.15) is 48.8 Å². The number of aromatic nitrogens is 2. The van der Waals surface area contributed by atoms with Gasteiger partial charge in [0.2, 0.25) is 5.95 Å². The summed E-state index contributed by atoms with van der Waals surface area (Å²) in [6, 6.07) is 16.5. The molecule has 3 aliphatic rings. The number of hydrogen-bond acceptors (Lipinski definition) is 7. The van der Waals surface area contributed by atoms with E-state index in [1.165, 1.54) is 11.1 Å². The molecule has 1 aliphatic heterocycles. The number of urea groups is 1. The minimum atomic E-state index is -0.233. The SMILES string of the molecule is CCOC1=CCCC=C1CNC(=O)Nc1ccc(C2Cc3cnc(NCCCN4CCN(C)CC4)nc3-c3ccccc32)cc1. The summed E-state index contributed by atoms with van der Waals surface area (Å²) < 4.78 is 5.72. The van der Waals surface area contributed by atoms with Crippen molar-refractivity contribution < 1.29 is 9.53 Å². The monoisotopic (exact) mass is 607 g/mol. The molecular weight excluding hydrogens is 562 g/mol. The van der Waals surface area contributed by atoms with Gasteiger partial charge in [0, 0.05) is 68.2 Å². The van der Waals surface area contributed by atoms with Gasteiger partial charge in [-0.3, -0.25) is 0 Å². The number of hydrogen-bond donors (Lipinski definition) is 3. The molecule has 45 heavy (non-hydrogen) atoms. The Hall–Kier alpha value is -4.21. The lowest BCUT2D eigenvalue weighted by molar-refractivity contribution is 0.154. The highest BCUT2D eigenvalue weighted by Gasteiger charge is 2.27. The molecule has 6 rings (SSSR count). The fourth-order valence-corrected chi connectivity index (χ4v) is 6.41. The molecule has 236 valence electrons. The van der Waals surface area contributed by atoms with Crippen molar-refractivity contribution in [2.45, 2.75) is 38.5 Å². The van der Waals surface area contributed by atoms with Crippen molar-refractivity contribution in [2.24, 2.45) is 0 Å². The quantitative estimate of drug-likeness (QED) is 0.243. The number of carbonyl (C=O) groups excluding carboxylic acids is 1. The van der Waals surface area contributed by atoms with E-state index in [1.807, 2.05) is 25.3 Å². The van der Waals surface area contributed by atoms with Gasteiger partial charge in [-0.25, -0.2) is 14.8 Å². The van der Waals surface area contributed by atoms with Gasteiger partial charge in [-0.1, -0.05) is 42.5 Å². The van der Waals surface area contributed by atoms with E-state index < -0.39 is 0 Å². The number of benzene rings is 2. The zero-order chi connectivity index (χ0) is 31.0. The van der Waals surface area contributed by atoms with Crippen molar-refractivity contribution in [3.63, 3.8) is 0 Å². The number of ether oxygens (including phenoxy) is 1. The molecule has 2 heterocycles. The zero-order valence-electron chi connectivity index (χ0n) is 26.5. The molecule has 1 atom stereocenters. The standard InChI is InChI=1S/C36H45N7O2/c1-3-45-33-12-7-4-9-27(33)24-39-36(44)40-29-15-13-26(14-16-29)32-23-28-25-38-35(41-34(28)31-11-6-5-10-30(31)32)37-17-8-18-43-21-19-42(2)20-22-43/h5-6,9-16,25,32H,3-4,7-8,17-24H2,1-2H3,(H,37,38,41)(H2,39,40,44). The van der Waals surface area contributed by atoms with Crippen LogP contribution < -0.4 is 16.0 Å². The summed E-state index contributed by atoms with van der Waals surface area (Å²) in [4.78, 5) is 27.3. The van der Waals surface area contributed by atoms with Crippen LogP contribution in [0.5, 0.6) is 0 Å². The van der Waals surface area contributed by atoms with E-state index in [1.54, 1.807) is 0 Å². The van der Waals surface area contributed by atoms with Crippen molar-refractivity contribution in [1.82, 2.24) is 25.1 Å². The number of piperazine rings is 1. The lowest BCUT2D eigenvalue weighted by atomic mass is 9.78. The molecule has 0 bridgehead atoms. The normalized spacial score (nSPS) is 18.2. The first-order valence-electron chi connectivity index (χ1n) is 16.3. The Morgan fingerprint density at radius 3 is 2.64 bits per heavy atom. The predicted molar refractivity (Wildman–Crippen MR) is 181 cm³/mol. The van der Waals surface area contributed by atoms with Crippen LogP contribution >= 0.6 is 0 Å². The van der Waals surface area contributed by atoms with Gasteiger partial charge in [-0.2, -0.15) is 0 Å². The second-order valence-electron chi connectivity index (χ2n) is 12.1. The first-order chi connectivity index (χ1) is 22.1. The summed E-state index contributed by atoms with van der Waals surface area (Å²) in [6.45, 7) is 9.56. The van der Waals surface area contributed by atoms with Gasteiger partial charge in [0.15, 0.2) is 0 Å². The van der Waals surface area contributed by atoms with Crippen molar-refractivity contribution in [3.8, 4) is 11.3 Å². The van der Waals surface area contributed by atoms with Gasteiger partial charge < -0.3 is 30.5 Å². The average molecular weight is 608 g/mol. The fraction of sp³-hybridized carbons (Fsp3) is 0.417. The zero-order valence-corrected chi connectivity index (χ0v) is 26.5. The van der Waals surface area contributed by atoms with E-state index >= 15 is 0 Å². The highest BCUT2D eigenvalue weighted by Crippen LogP contribution is 2.42. The van der Waals surface area contributed by atoms with Gasteiger partial charge >= 0.3 is 6.03 Å². The van der Waals surface area contributed by atoms with Crippen LogP contribution in [0.2, 0.25) is 0 Å². The summed E-state index contributed by atoms with van der Waals surface area (Å²) in [7, 11) is 2.19. The van der Waals surface area contributed by atoms with E-state index in [-0.39, 0.29) is 11.9 Å². The van der Waals surface area contributed by atoms with Crippen LogP contribution in [0.15, 0.2) is 78.2 Å². The fourth-order valence-electron chi connectivity index (χ4n) is 6.41. The highest BCUT2D eigenvalue weighted by molar-refractivity contribution is 5.89. The molecular formula is C36H45N7O2. The molecule has 9 heteroatoms. The largest absolute Gasteiger partial charge is 0.494 e. The highest BCUT2D eigenvalue weighted by atomic mass is 16.5. The van der Waals surface area contributed by atoms with Gasteiger partial charge in [-0.05, 0) is 81.1 Å². The van der Waals surface area contributed by atoms with E-state index in [0.29, 0.717) is 19.1 Å². The minimum absolute atomic E-state index is 0.185. The van der Waals surface area contributed by atoms with Crippen LogP contribution in [-0.4, -0.2) is 85.3 Å². The summed E-state index contributed by atoms with van der Waals surface area (Å²) in [5.41, 5.74) is 7.57. The second-order valence-corrected chi connectivity index (χ2v) is 12.1. The molecule has 1 fully saturated rings. The Morgan fingerprint density at radius 1 is 1.02 bits per heavy atom. The topological polar surface area (TPSA) is 94.6 Å². The third-order valence-electron chi connectivity index (χ3n) is 8.92. The molecule has 3 N–H and O–H groups in total. The Labute approximate surface area is 266 Å². The van der Waals surface area contributed by atoms with Gasteiger partial charge in [0.05, 0.1) is 12.3 Å². The molecule has 1 aromatic heterocycles. The minimum Gasteiger partial charge on any atom is -0.494 e. The van der Waals surface area contributed by atoms with E-state index in [2.05, 4.69) is 86.3 Å². The number of allylic oxidation sites excluding steroid dienone is 2. The molecule has 1 saturated heterocycles. The van der Waals surface area contributed by atoms with Crippen molar-refractivity contribution in [3.05, 3.63) is 94.9 Å². The number of nitrogens with one attached hydrogen (secondary N) is 3. The van der Waals surface area contributed by atoms with E-state index in [0.717, 1.165) is 98.8 Å². The van der Waals surface area contributed by atoms with Crippen LogP contribution in [0.3, 0.4) is 0 Å². The van der Waals surface area contributed by atoms with Crippen LogP contribution in [0.25, 0.3) is 11.3 Å². The van der Waals surface area contributed by atoms with Gasteiger partial charge in [0.1, 0.15) is 5.76 Å². The number of anilines is 2. The smallest absolute Gasteiger partial charge is 0.319 e. The molecule has 0 radical (unpaired) electrons. The van der Waals surface area contributed by atoms with E-state index in [4.69, 9.17) is 9.72 Å². The lowest BCUT2D eigenvalue weighted by Crippen LogP contribution is -2.44. The summed E-state index contributed by atoms with van der Waals surface area (Å²) in [5.74, 6) is 1.75. The predicted octanol–water partition coefficient (Wildman–Crippen LogP) is 5.64. The van der Waals surface area contributed by atoms with Crippen molar-refractivity contribution in [1.29, 1.82) is 0 Å². The Kier molecular flexibility index (Phi) is 10.1. The lowest BCUT2D eigenvalue weighted by Gasteiger charge is -2.32. The van der Waals surface area contributed by atoms with Crippen LogP contribution in [-0.2, 0) is 11.2 Å². The molecule has 3 aromatic rings.